The minimum atomic E-state index is -4.88. The number of sulfone groups is 1. The zero-order valence-electron chi connectivity index (χ0n) is 35.2. The van der Waals surface area contributed by atoms with Gasteiger partial charge in [0.1, 0.15) is 29.7 Å². The van der Waals surface area contributed by atoms with Crippen LogP contribution in [0.15, 0.2) is 65.6 Å². The average Bonchev–Trinajstić information content (AvgIpc) is 3.23. The van der Waals surface area contributed by atoms with E-state index in [2.05, 4.69) is 0 Å². The van der Waals surface area contributed by atoms with Gasteiger partial charge in [-0.3, -0.25) is 19.2 Å². The smallest absolute Gasteiger partial charge is 0.339 e. The van der Waals surface area contributed by atoms with E-state index in [0.717, 1.165) is 41.9 Å². The maximum Gasteiger partial charge on any atom is 0.339 e. The number of methoxy groups -OCH3 is 2. The van der Waals surface area contributed by atoms with Crippen molar-refractivity contribution in [3.63, 3.8) is 0 Å². The highest BCUT2D eigenvalue weighted by atomic mass is 32.2. The fraction of sp³-hybridized carbons (Fsp3) is 0.537. The van der Waals surface area contributed by atoms with Gasteiger partial charge in [0.25, 0.3) is 0 Å². The number of rotatable bonds is 17. The fourth-order valence-corrected chi connectivity index (χ4v) is 12.2. The second kappa shape index (κ2) is 22.6. The van der Waals surface area contributed by atoms with E-state index in [1.165, 1.54) is 72.1 Å². The molecule has 0 aromatic heterocycles. The molecular formula is C41H50O18S3. The van der Waals surface area contributed by atoms with Gasteiger partial charge in [0, 0.05) is 27.7 Å². The lowest BCUT2D eigenvalue weighted by atomic mass is 9.78. The molecule has 11 atom stereocenters. The van der Waals surface area contributed by atoms with Gasteiger partial charge in [-0.15, -0.1) is 23.5 Å². The molecule has 2 aliphatic heterocycles. The molecule has 0 aliphatic carbocycles. The molecule has 62 heavy (non-hydrogen) atoms. The number of benzene rings is 2. The van der Waals surface area contributed by atoms with Crippen molar-refractivity contribution in [3.8, 4) is 0 Å². The maximum atomic E-state index is 15.2. The molecule has 0 amide bonds. The largest absolute Gasteiger partial charge is 0.467 e. The maximum absolute atomic E-state index is 15.2. The molecule has 2 aromatic carbocycles. The Hall–Kier alpha value is -4.70. The van der Waals surface area contributed by atoms with E-state index in [-0.39, 0.29) is 10.5 Å². The van der Waals surface area contributed by atoms with Gasteiger partial charge in [-0.25, -0.2) is 22.8 Å². The van der Waals surface area contributed by atoms with Crippen molar-refractivity contribution in [2.45, 2.75) is 111 Å². The first-order chi connectivity index (χ1) is 29.4. The van der Waals surface area contributed by atoms with Crippen molar-refractivity contribution in [1.82, 2.24) is 0 Å². The average molecular weight is 927 g/mol. The molecule has 0 spiro atoms. The molecule has 2 saturated heterocycles. The zero-order chi connectivity index (χ0) is 45.9. The van der Waals surface area contributed by atoms with Crippen LogP contribution in [0.3, 0.4) is 0 Å². The molecule has 0 saturated carbocycles. The van der Waals surface area contributed by atoms with Gasteiger partial charge in [-0.2, -0.15) is 0 Å². The highest BCUT2D eigenvalue weighted by molar-refractivity contribution is 8.17. The van der Waals surface area contributed by atoms with E-state index < -0.39 is 122 Å². The van der Waals surface area contributed by atoms with Crippen LogP contribution < -0.4 is 0 Å². The number of esters is 7. The third-order valence-corrected chi connectivity index (χ3v) is 14.5. The van der Waals surface area contributed by atoms with E-state index >= 15 is 8.42 Å². The summed E-state index contributed by atoms with van der Waals surface area (Å²) in [7, 11) is -2.90. The van der Waals surface area contributed by atoms with Crippen molar-refractivity contribution in [3.05, 3.63) is 66.2 Å². The van der Waals surface area contributed by atoms with Crippen LogP contribution in [0, 0.1) is 5.92 Å². The summed E-state index contributed by atoms with van der Waals surface area (Å²) in [6, 6.07) is 14.3. The summed E-state index contributed by atoms with van der Waals surface area (Å²) in [5, 5.41) is -2.16. The third-order valence-electron chi connectivity index (χ3n) is 9.65. The van der Waals surface area contributed by atoms with Crippen LogP contribution in [-0.4, -0.2) is 141 Å². The molecule has 4 rings (SSSR count). The second-order valence-electron chi connectivity index (χ2n) is 13.8. The number of hydrogen-bond donors (Lipinski definition) is 0. The highest BCUT2D eigenvalue weighted by Crippen LogP contribution is 2.47. The molecule has 18 nitrogen and oxygen atoms in total. The van der Waals surface area contributed by atoms with E-state index in [1.54, 1.807) is 12.1 Å². The Labute approximate surface area is 367 Å². The summed E-state index contributed by atoms with van der Waals surface area (Å²) in [6.45, 7) is 7.63. The molecule has 2 aromatic rings. The lowest BCUT2D eigenvalue weighted by Gasteiger charge is -2.52. The normalized spacial score (nSPS) is 26.5. The van der Waals surface area contributed by atoms with E-state index in [0.29, 0.717) is 11.5 Å². The van der Waals surface area contributed by atoms with Gasteiger partial charge >= 0.3 is 41.8 Å². The van der Waals surface area contributed by atoms with Gasteiger partial charge in [0.2, 0.25) is 0 Å². The summed E-state index contributed by atoms with van der Waals surface area (Å²) in [5.41, 5.74) is -0.0325. The Bertz CT molecular complexity index is 2010. The van der Waals surface area contributed by atoms with Gasteiger partial charge in [-0.1, -0.05) is 50.2 Å². The quantitative estimate of drug-likeness (QED) is 0.126. The van der Waals surface area contributed by atoms with Crippen molar-refractivity contribution >= 4 is 75.1 Å². The number of carbonyl (C=O) groups excluding carboxylic acids is 7. The molecule has 0 unspecified atom stereocenters. The van der Waals surface area contributed by atoms with Crippen LogP contribution in [0.2, 0.25) is 0 Å². The molecule has 2 fully saturated rings. The Morgan fingerprint density at radius 2 is 1.10 bits per heavy atom. The van der Waals surface area contributed by atoms with Crippen LogP contribution in [0.5, 0.6) is 0 Å². The summed E-state index contributed by atoms with van der Waals surface area (Å²) in [4.78, 5) is 93.5. The standard InChI is InChI=1S/C41H50O18S3/c1-9-60-41(61-10-2)35-29(54-22(4)43)27(37(36(58-35)40(48)52-8)62(49,50)26-19-15-12-16-20-26)28(53-21(3)42)30-31(55-23(5)44)32(59-38(46)25-17-13-11-14-18-25)33(56-24(6)45)34(57-30)39(47)51-7/h11-20,27-37,41H,9-10H2,1-8H3/t27-,28-,29-,30-,31+,32+,33-,34-,35+,36+,37-/m0/s1. The van der Waals surface area contributed by atoms with E-state index in [1.807, 2.05) is 13.8 Å². The van der Waals surface area contributed by atoms with Gasteiger partial charge < -0.3 is 42.6 Å². The first kappa shape index (κ1) is 50.0. The second-order valence-corrected chi connectivity index (χ2v) is 19.0. The van der Waals surface area contributed by atoms with E-state index in [4.69, 9.17) is 42.6 Å². The minimum Gasteiger partial charge on any atom is -0.467 e. The van der Waals surface area contributed by atoms with Gasteiger partial charge in [0.15, 0.2) is 40.4 Å². The monoisotopic (exact) mass is 926 g/mol. The predicted molar refractivity (Wildman–Crippen MR) is 220 cm³/mol. The van der Waals surface area contributed by atoms with Crippen LogP contribution in [-0.2, 0) is 81.2 Å². The van der Waals surface area contributed by atoms with Crippen LogP contribution in [0.1, 0.15) is 51.9 Å². The van der Waals surface area contributed by atoms with Crippen LogP contribution in [0.25, 0.3) is 0 Å². The molecule has 0 bridgehead atoms. The van der Waals surface area contributed by atoms with Gasteiger partial charge in [-0.05, 0) is 35.8 Å². The van der Waals surface area contributed by atoms with Crippen LogP contribution in [0.4, 0.5) is 0 Å². The first-order valence-corrected chi connectivity index (χ1v) is 23.0. The number of ether oxygens (including phenoxy) is 9. The minimum absolute atomic E-state index is 0.0325. The van der Waals surface area contributed by atoms with Crippen LogP contribution >= 0.6 is 23.5 Å². The van der Waals surface area contributed by atoms with Gasteiger partial charge in [0.05, 0.1) is 35.2 Å². The molecule has 0 radical (unpaired) electrons. The van der Waals surface area contributed by atoms with Crippen molar-refractivity contribution < 1.29 is 84.6 Å². The summed E-state index contributed by atoms with van der Waals surface area (Å²) >= 11 is 2.65. The molecule has 21 heteroatoms. The SMILES string of the molecule is CCSC(SCC)[C@@H]1O[C@@H](C(=O)OC)[C@@H](S(=O)(=O)c2ccccc2)[C@@H]([C@H](OC(C)=O)[C@@H]2O[C@H](C(=O)OC)[C@@H](OC(C)=O)[C@H](OC(=O)c3ccccc3)[C@@H]2OC(C)=O)[C@@H]1OC(C)=O. The number of hydrogen-bond acceptors (Lipinski definition) is 20. The van der Waals surface area contributed by atoms with Crippen molar-refractivity contribution in [2.24, 2.45) is 5.92 Å². The van der Waals surface area contributed by atoms with Crippen molar-refractivity contribution in [2.75, 3.05) is 25.7 Å². The third kappa shape index (κ3) is 11.9. The molecule has 2 aliphatic rings. The Morgan fingerprint density at radius 1 is 0.613 bits per heavy atom. The predicted octanol–water partition coefficient (Wildman–Crippen LogP) is 3.11. The Balaban J connectivity index is 2.16. The zero-order valence-corrected chi connectivity index (χ0v) is 37.6. The highest BCUT2D eigenvalue weighted by Gasteiger charge is 2.66. The lowest BCUT2D eigenvalue weighted by molar-refractivity contribution is -0.270. The Morgan fingerprint density at radius 3 is 1.60 bits per heavy atom. The number of thioether (sulfide) groups is 2. The topological polar surface area (TPSA) is 237 Å². The lowest BCUT2D eigenvalue weighted by Crippen LogP contribution is -2.71. The number of carbonyl (C=O) groups is 7. The fourth-order valence-electron chi connectivity index (χ4n) is 7.41. The summed E-state index contributed by atoms with van der Waals surface area (Å²) < 4.78 is 81.8. The van der Waals surface area contributed by atoms with Crippen molar-refractivity contribution in [1.29, 1.82) is 0 Å². The first-order valence-electron chi connectivity index (χ1n) is 19.3. The Kier molecular flexibility index (Phi) is 18.2. The summed E-state index contributed by atoms with van der Waals surface area (Å²) in [5.74, 6) is -8.53. The molecule has 2 heterocycles. The molecular weight excluding hydrogens is 877 g/mol. The molecule has 340 valence electrons. The summed E-state index contributed by atoms with van der Waals surface area (Å²) in [6.07, 6.45) is -17.2. The molecule has 0 N–H and O–H groups in total. The van der Waals surface area contributed by atoms with E-state index in [9.17, 15) is 33.6 Å².